The van der Waals surface area contributed by atoms with Crippen LogP contribution in [0.5, 0.6) is 5.75 Å². The first kappa shape index (κ1) is 18.3. The lowest BCUT2D eigenvalue weighted by molar-refractivity contribution is -0.116. The Labute approximate surface area is 156 Å². The molecule has 0 bridgehead atoms. The number of hydrogen-bond acceptors (Lipinski definition) is 3. The van der Waals surface area contributed by atoms with Crippen molar-refractivity contribution in [2.24, 2.45) is 0 Å². The van der Waals surface area contributed by atoms with Crippen molar-refractivity contribution in [3.63, 3.8) is 0 Å². The van der Waals surface area contributed by atoms with Crippen LogP contribution in [0.1, 0.15) is 37.7 Å². The van der Waals surface area contributed by atoms with Gasteiger partial charge in [0.2, 0.25) is 5.91 Å². The fourth-order valence-corrected chi connectivity index (χ4v) is 3.34. The summed E-state index contributed by atoms with van der Waals surface area (Å²) >= 11 is 0. The average molecular weight is 352 g/mol. The van der Waals surface area contributed by atoms with E-state index in [1.165, 1.54) is 19.3 Å². The number of carbonyl (C=O) groups is 1. The van der Waals surface area contributed by atoms with Gasteiger partial charge in [0.1, 0.15) is 5.75 Å². The number of nitrogens with zero attached hydrogens (tertiary/aromatic N) is 1. The van der Waals surface area contributed by atoms with Gasteiger partial charge >= 0.3 is 0 Å². The van der Waals surface area contributed by atoms with Crippen LogP contribution >= 0.6 is 0 Å². The van der Waals surface area contributed by atoms with Gasteiger partial charge in [0.15, 0.2) is 0 Å². The Bertz CT molecular complexity index is 724. The minimum absolute atomic E-state index is 0.0443. The van der Waals surface area contributed by atoms with E-state index in [-0.39, 0.29) is 5.91 Å². The van der Waals surface area contributed by atoms with Crippen LogP contribution in [-0.2, 0) is 4.79 Å². The summed E-state index contributed by atoms with van der Waals surface area (Å²) in [6.07, 6.45) is 4.90. The molecule has 1 heterocycles. The van der Waals surface area contributed by atoms with E-state index in [1.54, 1.807) is 0 Å². The maximum absolute atomic E-state index is 12.3. The van der Waals surface area contributed by atoms with Gasteiger partial charge in [0.25, 0.3) is 0 Å². The van der Waals surface area contributed by atoms with Crippen molar-refractivity contribution in [3.8, 4) is 5.75 Å². The molecule has 3 rings (SSSR count). The van der Waals surface area contributed by atoms with Crippen LogP contribution in [0.4, 0.5) is 11.4 Å². The van der Waals surface area contributed by atoms with Crippen LogP contribution in [0.2, 0.25) is 0 Å². The normalized spacial score (nSPS) is 14.1. The third-order valence-electron chi connectivity index (χ3n) is 4.77. The molecule has 0 aromatic heterocycles. The van der Waals surface area contributed by atoms with Gasteiger partial charge in [-0.25, -0.2) is 0 Å². The first-order chi connectivity index (χ1) is 12.7. The third-order valence-corrected chi connectivity index (χ3v) is 4.77. The Morgan fingerprint density at radius 1 is 1.04 bits per heavy atom. The first-order valence-electron chi connectivity index (χ1n) is 9.56. The average Bonchev–Trinajstić information content (AvgIpc) is 2.68. The van der Waals surface area contributed by atoms with Crippen molar-refractivity contribution in [3.05, 3.63) is 54.1 Å². The Hall–Kier alpha value is -2.49. The molecule has 1 saturated heterocycles. The SMILES string of the molecule is Cc1ccccc1OCCCC(=O)Nc1ccccc1N1CCCCC1. The zero-order chi connectivity index (χ0) is 18.2. The van der Waals surface area contributed by atoms with E-state index in [1.807, 2.05) is 49.4 Å². The van der Waals surface area contributed by atoms with Gasteiger partial charge in [-0.15, -0.1) is 0 Å². The van der Waals surface area contributed by atoms with Gasteiger partial charge in [-0.2, -0.15) is 0 Å². The molecule has 1 N–H and O–H groups in total. The summed E-state index contributed by atoms with van der Waals surface area (Å²) in [6, 6.07) is 16.1. The van der Waals surface area contributed by atoms with Gasteiger partial charge in [0, 0.05) is 19.5 Å². The molecular formula is C22H28N2O2. The molecule has 1 aliphatic rings. The molecular weight excluding hydrogens is 324 g/mol. The van der Waals surface area contributed by atoms with Crippen LogP contribution in [0.3, 0.4) is 0 Å². The lowest BCUT2D eigenvalue weighted by Gasteiger charge is -2.30. The number of rotatable bonds is 7. The number of benzene rings is 2. The second kappa shape index (κ2) is 9.27. The lowest BCUT2D eigenvalue weighted by Crippen LogP contribution is -2.30. The van der Waals surface area contributed by atoms with Gasteiger partial charge in [-0.3, -0.25) is 4.79 Å². The summed E-state index contributed by atoms with van der Waals surface area (Å²) in [5.41, 5.74) is 3.17. The van der Waals surface area contributed by atoms with E-state index < -0.39 is 0 Å². The number of amides is 1. The molecule has 0 radical (unpaired) electrons. The molecule has 0 aliphatic carbocycles. The topological polar surface area (TPSA) is 41.6 Å². The van der Waals surface area contributed by atoms with E-state index in [9.17, 15) is 4.79 Å². The largest absolute Gasteiger partial charge is 0.493 e. The van der Waals surface area contributed by atoms with Crippen molar-refractivity contribution >= 4 is 17.3 Å². The van der Waals surface area contributed by atoms with Gasteiger partial charge in [-0.1, -0.05) is 30.3 Å². The molecule has 0 spiro atoms. The van der Waals surface area contributed by atoms with Gasteiger partial charge in [0.05, 0.1) is 18.0 Å². The highest BCUT2D eigenvalue weighted by atomic mass is 16.5. The van der Waals surface area contributed by atoms with Crippen molar-refractivity contribution in [1.29, 1.82) is 0 Å². The molecule has 1 amide bonds. The summed E-state index contributed by atoms with van der Waals surface area (Å²) in [7, 11) is 0. The molecule has 138 valence electrons. The van der Waals surface area contributed by atoms with Crippen molar-refractivity contribution in [2.45, 2.75) is 39.0 Å². The standard InChI is InChI=1S/C22H28N2O2/c1-18-10-3-6-13-21(18)26-17-9-14-22(25)23-19-11-4-5-12-20(19)24-15-7-2-8-16-24/h3-6,10-13H,2,7-9,14-17H2,1H3,(H,23,25). The summed E-state index contributed by atoms with van der Waals surface area (Å²) < 4.78 is 5.77. The first-order valence-corrected chi connectivity index (χ1v) is 9.56. The van der Waals surface area contributed by atoms with E-state index in [0.717, 1.165) is 35.8 Å². The van der Waals surface area contributed by atoms with E-state index in [0.29, 0.717) is 19.4 Å². The number of hydrogen-bond donors (Lipinski definition) is 1. The summed E-state index contributed by atoms with van der Waals surface area (Å²) in [6.45, 7) is 4.71. The number of ether oxygens (including phenoxy) is 1. The highest BCUT2D eigenvalue weighted by Crippen LogP contribution is 2.28. The third kappa shape index (κ3) is 5.01. The van der Waals surface area contributed by atoms with Crippen molar-refractivity contribution in [1.82, 2.24) is 0 Å². The number of carbonyl (C=O) groups excluding carboxylic acids is 1. The molecule has 0 saturated carbocycles. The lowest BCUT2D eigenvalue weighted by atomic mass is 10.1. The fourth-order valence-electron chi connectivity index (χ4n) is 3.34. The molecule has 1 aliphatic heterocycles. The molecule has 4 nitrogen and oxygen atoms in total. The summed E-state index contributed by atoms with van der Waals surface area (Å²) in [4.78, 5) is 14.7. The number of anilines is 2. The Morgan fingerprint density at radius 3 is 2.58 bits per heavy atom. The number of piperidine rings is 1. The molecule has 26 heavy (non-hydrogen) atoms. The maximum Gasteiger partial charge on any atom is 0.224 e. The predicted octanol–water partition coefficient (Wildman–Crippen LogP) is 4.78. The monoisotopic (exact) mass is 352 g/mol. The van der Waals surface area contributed by atoms with E-state index in [2.05, 4.69) is 16.3 Å². The van der Waals surface area contributed by atoms with Crippen LogP contribution < -0.4 is 15.0 Å². The zero-order valence-electron chi connectivity index (χ0n) is 15.5. The number of aryl methyl sites for hydroxylation is 1. The molecule has 2 aromatic rings. The smallest absolute Gasteiger partial charge is 0.224 e. The molecule has 0 atom stereocenters. The molecule has 2 aromatic carbocycles. The van der Waals surface area contributed by atoms with Crippen molar-refractivity contribution < 1.29 is 9.53 Å². The Balaban J connectivity index is 1.48. The van der Waals surface area contributed by atoms with E-state index in [4.69, 9.17) is 4.74 Å². The number of para-hydroxylation sites is 3. The minimum atomic E-state index is 0.0443. The van der Waals surface area contributed by atoms with Crippen LogP contribution in [-0.4, -0.2) is 25.6 Å². The maximum atomic E-state index is 12.3. The fraction of sp³-hybridized carbons (Fsp3) is 0.409. The van der Waals surface area contributed by atoms with Gasteiger partial charge in [-0.05, 0) is 56.4 Å². The molecule has 1 fully saturated rings. The Morgan fingerprint density at radius 2 is 1.77 bits per heavy atom. The molecule has 0 unspecified atom stereocenters. The second-order valence-corrected chi connectivity index (χ2v) is 6.83. The summed E-state index contributed by atoms with van der Waals surface area (Å²) in [5.74, 6) is 0.936. The quantitative estimate of drug-likeness (QED) is 0.729. The Kier molecular flexibility index (Phi) is 6.53. The summed E-state index contributed by atoms with van der Waals surface area (Å²) in [5, 5.41) is 3.08. The van der Waals surface area contributed by atoms with Crippen molar-refractivity contribution in [2.75, 3.05) is 29.9 Å². The highest BCUT2D eigenvalue weighted by molar-refractivity contribution is 5.94. The van der Waals surface area contributed by atoms with Crippen LogP contribution in [0.15, 0.2) is 48.5 Å². The second-order valence-electron chi connectivity index (χ2n) is 6.83. The van der Waals surface area contributed by atoms with E-state index >= 15 is 0 Å². The van der Waals surface area contributed by atoms with Gasteiger partial charge < -0.3 is 15.0 Å². The number of nitrogens with one attached hydrogen (secondary N) is 1. The zero-order valence-corrected chi connectivity index (χ0v) is 15.5. The predicted molar refractivity (Wildman–Crippen MR) is 107 cm³/mol. The van der Waals surface area contributed by atoms with Crippen LogP contribution in [0.25, 0.3) is 0 Å². The highest BCUT2D eigenvalue weighted by Gasteiger charge is 2.15. The molecule has 4 heteroatoms. The minimum Gasteiger partial charge on any atom is -0.493 e. The van der Waals surface area contributed by atoms with Crippen LogP contribution in [0, 0.1) is 6.92 Å².